The Bertz CT molecular complexity index is 453. The quantitative estimate of drug-likeness (QED) is 0.801. The zero-order valence-electron chi connectivity index (χ0n) is 12.8. The lowest BCUT2D eigenvalue weighted by Gasteiger charge is -2.44. The predicted octanol–water partition coefficient (Wildman–Crippen LogP) is 2.07. The Labute approximate surface area is 124 Å². The van der Waals surface area contributed by atoms with Gasteiger partial charge in [-0.25, -0.2) is 9.59 Å². The van der Waals surface area contributed by atoms with Gasteiger partial charge in [0.15, 0.2) is 0 Å². The van der Waals surface area contributed by atoms with E-state index in [1.165, 1.54) is 4.90 Å². The number of hydrogen-bond acceptors (Lipinski definition) is 4. The highest BCUT2D eigenvalue weighted by molar-refractivity contribution is 5.82. The van der Waals surface area contributed by atoms with Crippen LogP contribution in [0.2, 0.25) is 0 Å². The number of carboxylic acids is 1. The molecule has 0 aromatic heterocycles. The fourth-order valence-electron chi connectivity index (χ4n) is 3.21. The maximum atomic E-state index is 12.2. The first-order valence-corrected chi connectivity index (χ1v) is 7.41. The number of hydrogen-bond donors (Lipinski definition) is 1. The number of piperidine rings is 1. The van der Waals surface area contributed by atoms with Crippen molar-refractivity contribution in [1.82, 2.24) is 4.90 Å². The molecule has 2 aliphatic rings. The molecule has 3 atom stereocenters. The average molecular weight is 297 g/mol. The van der Waals surface area contributed by atoms with Gasteiger partial charge in [-0.2, -0.15) is 0 Å². The van der Waals surface area contributed by atoms with Crippen molar-refractivity contribution in [3.63, 3.8) is 0 Å². The van der Waals surface area contributed by atoms with Crippen LogP contribution in [0, 0.1) is 11.8 Å². The van der Waals surface area contributed by atoms with Crippen LogP contribution in [0.25, 0.3) is 0 Å². The number of fused-ring (bicyclic) bond motifs is 1. The van der Waals surface area contributed by atoms with Gasteiger partial charge in [0.2, 0.25) is 0 Å². The molecule has 1 aliphatic heterocycles. The largest absolute Gasteiger partial charge is 0.480 e. The molecular weight excluding hydrogens is 274 g/mol. The Morgan fingerprint density at radius 2 is 1.95 bits per heavy atom. The molecule has 1 saturated carbocycles. The zero-order chi connectivity index (χ0) is 15.8. The minimum Gasteiger partial charge on any atom is -0.480 e. The molecule has 118 valence electrons. The number of nitrogens with zero attached hydrogens (tertiary/aromatic N) is 1. The third kappa shape index (κ3) is 3.74. The topological polar surface area (TPSA) is 83.9 Å². The molecule has 0 aromatic rings. The molecule has 3 unspecified atom stereocenters. The number of Topliss-reactive ketones (excluding diaryl/α,β-unsaturated/α-hetero) is 1. The van der Waals surface area contributed by atoms with E-state index in [9.17, 15) is 19.5 Å². The molecule has 21 heavy (non-hydrogen) atoms. The SMILES string of the molecule is CC(C)(C)OC(=O)N1CC2CCC(=O)CC2CC1C(=O)O. The van der Waals surface area contributed by atoms with Gasteiger partial charge in [0, 0.05) is 19.4 Å². The van der Waals surface area contributed by atoms with Crippen LogP contribution in [-0.4, -0.2) is 46.0 Å². The summed E-state index contributed by atoms with van der Waals surface area (Å²) < 4.78 is 5.32. The van der Waals surface area contributed by atoms with E-state index in [-0.39, 0.29) is 17.6 Å². The Kier molecular flexibility index (Phi) is 4.25. The van der Waals surface area contributed by atoms with Gasteiger partial charge in [0.05, 0.1) is 0 Å². The van der Waals surface area contributed by atoms with E-state index in [1.54, 1.807) is 20.8 Å². The van der Waals surface area contributed by atoms with E-state index < -0.39 is 23.7 Å². The van der Waals surface area contributed by atoms with Gasteiger partial charge < -0.3 is 9.84 Å². The first kappa shape index (κ1) is 15.8. The number of rotatable bonds is 1. The maximum Gasteiger partial charge on any atom is 0.411 e. The van der Waals surface area contributed by atoms with Gasteiger partial charge in [-0.05, 0) is 45.4 Å². The molecule has 0 spiro atoms. The van der Waals surface area contributed by atoms with Crippen molar-refractivity contribution in [3.8, 4) is 0 Å². The van der Waals surface area contributed by atoms with Crippen LogP contribution < -0.4 is 0 Å². The summed E-state index contributed by atoms with van der Waals surface area (Å²) in [6.45, 7) is 5.63. The van der Waals surface area contributed by atoms with E-state index in [4.69, 9.17) is 4.74 Å². The summed E-state index contributed by atoms with van der Waals surface area (Å²) in [5.41, 5.74) is -0.653. The van der Waals surface area contributed by atoms with Crippen molar-refractivity contribution in [3.05, 3.63) is 0 Å². The number of ether oxygens (including phenoxy) is 1. The number of carbonyl (C=O) groups is 3. The normalized spacial score (nSPS) is 29.8. The molecule has 6 heteroatoms. The predicted molar refractivity (Wildman–Crippen MR) is 74.8 cm³/mol. The van der Waals surface area contributed by atoms with Crippen molar-refractivity contribution < 1.29 is 24.2 Å². The lowest BCUT2D eigenvalue weighted by Crippen LogP contribution is -2.55. The van der Waals surface area contributed by atoms with Crippen molar-refractivity contribution in [2.45, 2.75) is 58.1 Å². The van der Waals surface area contributed by atoms with Crippen molar-refractivity contribution >= 4 is 17.8 Å². The third-order valence-electron chi connectivity index (χ3n) is 4.20. The van der Waals surface area contributed by atoms with E-state index >= 15 is 0 Å². The monoisotopic (exact) mass is 297 g/mol. The Morgan fingerprint density at radius 3 is 2.52 bits per heavy atom. The van der Waals surface area contributed by atoms with E-state index in [0.29, 0.717) is 25.8 Å². The van der Waals surface area contributed by atoms with Crippen molar-refractivity contribution in [1.29, 1.82) is 0 Å². The number of carbonyl (C=O) groups excluding carboxylic acids is 2. The van der Waals surface area contributed by atoms with Crippen LogP contribution in [0.15, 0.2) is 0 Å². The summed E-state index contributed by atoms with van der Waals surface area (Å²) in [5.74, 6) is -0.555. The minimum absolute atomic E-state index is 0.0750. The van der Waals surface area contributed by atoms with Gasteiger partial charge in [-0.15, -0.1) is 0 Å². The van der Waals surface area contributed by atoms with Crippen LogP contribution in [0.3, 0.4) is 0 Å². The first-order chi connectivity index (χ1) is 9.67. The number of likely N-dealkylation sites (tertiary alicyclic amines) is 1. The summed E-state index contributed by atoms with van der Waals surface area (Å²) in [4.78, 5) is 36.6. The van der Waals surface area contributed by atoms with Gasteiger partial charge in [-0.3, -0.25) is 9.69 Å². The molecule has 0 bridgehead atoms. The fraction of sp³-hybridized carbons (Fsp3) is 0.800. The summed E-state index contributed by atoms with van der Waals surface area (Å²) in [5, 5.41) is 9.38. The standard InChI is InChI=1S/C15H23NO5/c1-15(2,3)21-14(20)16-8-9-4-5-11(17)6-10(9)7-12(16)13(18)19/h9-10,12H,4-8H2,1-3H3,(H,18,19). The van der Waals surface area contributed by atoms with Crippen LogP contribution in [0.5, 0.6) is 0 Å². The highest BCUT2D eigenvalue weighted by Crippen LogP contribution is 2.37. The van der Waals surface area contributed by atoms with E-state index in [2.05, 4.69) is 0 Å². The molecule has 1 aliphatic carbocycles. The van der Waals surface area contributed by atoms with E-state index in [1.807, 2.05) is 0 Å². The summed E-state index contributed by atoms with van der Waals surface area (Å²) in [6, 6.07) is -0.896. The minimum atomic E-state index is -1.03. The van der Waals surface area contributed by atoms with Gasteiger partial charge in [0.1, 0.15) is 17.4 Å². The smallest absolute Gasteiger partial charge is 0.411 e. The second-order valence-electron chi connectivity index (χ2n) is 7.02. The Hall–Kier alpha value is -1.59. The molecule has 2 fully saturated rings. The first-order valence-electron chi connectivity index (χ1n) is 7.41. The van der Waals surface area contributed by atoms with Gasteiger partial charge in [-0.1, -0.05) is 0 Å². The molecule has 0 aromatic carbocycles. The summed E-state index contributed by atoms with van der Waals surface area (Å²) in [6.07, 6.45) is 1.46. The lowest BCUT2D eigenvalue weighted by atomic mass is 9.72. The van der Waals surface area contributed by atoms with E-state index in [0.717, 1.165) is 6.42 Å². The van der Waals surface area contributed by atoms with Crippen LogP contribution in [0.4, 0.5) is 4.79 Å². The second kappa shape index (κ2) is 5.66. The second-order valence-corrected chi connectivity index (χ2v) is 7.02. The van der Waals surface area contributed by atoms with Crippen LogP contribution in [0.1, 0.15) is 46.5 Å². The molecule has 1 amide bonds. The highest BCUT2D eigenvalue weighted by Gasteiger charge is 2.44. The number of ketones is 1. The molecule has 1 saturated heterocycles. The Morgan fingerprint density at radius 1 is 1.29 bits per heavy atom. The summed E-state index contributed by atoms with van der Waals surface area (Å²) in [7, 11) is 0. The van der Waals surface area contributed by atoms with Crippen LogP contribution >= 0.6 is 0 Å². The third-order valence-corrected chi connectivity index (χ3v) is 4.20. The molecule has 0 radical (unpaired) electrons. The van der Waals surface area contributed by atoms with Crippen molar-refractivity contribution in [2.75, 3.05) is 6.54 Å². The fourth-order valence-corrected chi connectivity index (χ4v) is 3.21. The number of carboxylic acid groups (broad SMARTS) is 1. The molecule has 1 N–H and O–H groups in total. The number of aliphatic carboxylic acids is 1. The lowest BCUT2D eigenvalue weighted by molar-refractivity contribution is -0.147. The average Bonchev–Trinajstić information content (AvgIpc) is 2.34. The molecule has 1 heterocycles. The van der Waals surface area contributed by atoms with Crippen molar-refractivity contribution in [2.24, 2.45) is 11.8 Å². The maximum absolute atomic E-state index is 12.2. The zero-order valence-corrected chi connectivity index (χ0v) is 12.8. The Balaban J connectivity index is 2.14. The highest BCUT2D eigenvalue weighted by atomic mass is 16.6. The molecule has 2 rings (SSSR count). The molecular formula is C15H23NO5. The number of amides is 1. The molecule has 6 nitrogen and oxygen atoms in total. The van der Waals surface area contributed by atoms with Crippen LogP contribution in [-0.2, 0) is 14.3 Å². The van der Waals surface area contributed by atoms with Gasteiger partial charge >= 0.3 is 12.1 Å². The van der Waals surface area contributed by atoms with Gasteiger partial charge in [0.25, 0.3) is 0 Å². The summed E-state index contributed by atoms with van der Waals surface area (Å²) >= 11 is 0.